The Morgan fingerprint density at radius 2 is 2.36 bits per heavy atom. The van der Waals surface area contributed by atoms with Crippen molar-refractivity contribution >= 4 is 5.78 Å². The van der Waals surface area contributed by atoms with Gasteiger partial charge in [0.15, 0.2) is 0 Å². The predicted octanol–water partition coefficient (Wildman–Crippen LogP) is 0.565. The number of Topliss-reactive ketones (excluding diaryl/α,β-unsaturated/α-hetero) is 1. The Kier molecular flexibility index (Phi) is 2.33. The molecule has 1 aromatic rings. The molecule has 0 aliphatic rings. The van der Waals surface area contributed by atoms with Crippen LogP contribution in [0.4, 0.5) is 0 Å². The van der Waals surface area contributed by atoms with Gasteiger partial charge in [-0.25, -0.2) is 4.98 Å². The van der Waals surface area contributed by atoms with Gasteiger partial charge in [-0.15, -0.1) is 0 Å². The lowest BCUT2D eigenvalue weighted by atomic mass is 10.2. The Balaban J connectivity index is 2.96. The topological polar surface area (TPSA) is 50.2 Å². The van der Waals surface area contributed by atoms with E-state index < -0.39 is 6.61 Å². The van der Waals surface area contributed by atoms with Gasteiger partial charge in [-0.1, -0.05) is 6.07 Å². The van der Waals surface area contributed by atoms with Crippen molar-refractivity contribution in [2.45, 2.75) is 6.92 Å². The van der Waals surface area contributed by atoms with Crippen molar-refractivity contribution in [3.8, 4) is 0 Å². The second-order valence-electron chi connectivity index (χ2n) is 2.25. The maximum Gasteiger partial charge on any atom is 0.206 e. The minimum Gasteiger partial charge on any atom is -0.388 e. The highest BCUT2D eigenvalue weighted by Crippen LogP contribution is 1.98. The van der Waals surface area contributed by atoms with E-state index in [-0.39, 0.29) is 5.78 Å². The van der Waals surface area contributed by atoms with Gasteiger partial charge in [0.25, 0.3) is 0 Å². The maximum absolute atomic E-state index is 10.9. The Bertz CT molecular complexity index is 271. The summed E-state index contributed by atoms with van der Waals surface area (Å²) in [4.78, 5) is 14.8. The second kappa shape index (κ2) is 3.25. The third kappa shape index (κ3) is 1.85. The van der Waals surface area contributed by atoms with Gasteiger partial charge < -0.3 is 5.11 Å². The fourth-order valence-corrected chi connectivity index (χ4v) is 0.779. The van der Waals surface area contributed by atoms with Crippen molar-refractivity contribution < 1.29 is 9.90 Å². The summed E-state index contributed by atoms with van der Waals surface area (Å²) < 4.78 is 0. The molecule has 0 saturated heterocycles. The summed E-state index contributed by atoms with van der Waals surface area (Å²) in [6, 6.07) is 5.13. The molecule has 0 bridgehead atoms. The van der Waals surface area contributed by atoms with Crippen LogP contribution in [0.5, 0.6) is 0 Å². The first-order valence-corrected chi connectivity index (χ1v) is 3.32. The molecule has 3 heteroatoms. The highest BCUT2D eigenvalue weighted by atomic mass is 16.3. The van der Waals surface area contributed by atoms with Gasteiger partial charge in [0.2, 0.25) is 5.78 Å². The van der Waals surface area contributed by atoms with Crippen LogP contribution in [-0.4, -0.2) is 22.5 Å². The van der Waals surface area contributed by atoms with Crippen LogP contribution in [0.25, 0.3) is 0 Å². The number of aliphatic hydroxyl groups is 1. The van der Waals surface area contributed by atoms with E-state index in [0.717, 1.165) is 5.69 Å². The minimum absolute atomic E-state index is 0.326. The van der Waals surface area contributed by atoms with Gasteiger partial charge in [-0.2, -0.15) is 0 Å². The van der Waals surface area contributed by atoms with E-state index in [1.165, 1.54) is 0 Å². The standard InChI is InChI=1S/C8H9NO2/c1-6-3-2-4-7(9-6)8(11)5-10/h2-4,10H,5H2,1H3. The van der Waals surface area contributed by atoms with Crippen LogP contribution in [0.2, 0.25) is 0 Å². The zero-order chi connectivity index (χ0) is 8.27. The average molecular weight is 151 g/mol. The molecule has 0 saturated carbocycles. The van der Waals surface area contributed by atoms with E-state index >= 15 is 0 Å². The van der Waals surface area contributed by atoms with Gasteiger partial charge in [0.1, 0.15) is 12.3 Å². The summed E-state index contributed by atoms with van der Waals surface area (Å²) in [5.41, 5.74) is 1.11. The number of aromatic nitrogens is 1. The van der Waals surface area contributed by atoms with Crippen LogP contribution >= 0.6 is 0 Å². The first-order valence-electron chi connectivity index (χ1n) is 3.32. The summed E-state index contributed by atoms with van der Waals surface area (Å²) >= 11 is 0. The van der Waals surface area contributed by atoms with Crippen molar-refractivity contribution in [1.82, 2.24) is 4.98 Å². The minimum atomic E-state index is -0.476. The van der Waals surface area contributed by atoms with Gasteiger partial charge in [-0.05, 0) is 19.1 Å². The molecule has 0 spiro atoms. The number of rotatable bonds is 2. The monoisotopic (exact) mass is 151 g/mol. The van der Waals surface area contributed by atoms with Crippen molar-refractivity contribution in [1.29, 1.82) is 0 Å². The normalized spacial score (nSPS) is 9.64. The molecule has 0 aliphatic carbocycles. The fourth-order valence-electron chi connectivity index (χ4n) is 0.779. The van der Waals surface area contributed by atoms with Gasteiger partial charge in [-0.3, -0.25) is 4.79 Å². The van der Waals surface area contributed by atoms with Crippen molar-refractivity contribution in [2.24, 2.45) is 0 Å². The summed E-state index contributed by atoms with van der Waals surface area (Å²) in [5.74, 6) is -0.339. The largest absolute Gasteiger partial charge is 0.388 e. The smallest absolute Gasteiger partial charge is 0.206 e. The van der Waals surface area contributed by atoms with E-state index in [1.807, 2.05) is 0 Å². The third-order valence-electron chi connectivity index (χ3n) is 1.32. The first kappa shape index (κ1) is 7.88. The number of hydrogen-bond acceptors (Lipinski definition) is 3. The van der Waals surface area contributed by atoms with E-state index in [4.69, 9.17) is 5.11 Å². The van der Waals surface area contributed by atoms with Crippen molar-refractivity contribution in [3.63, 3.8) is 0 Å². The number of carbonyl (C=O) groups excluding carboxylic acids is 1. The number of hydrogen-bond donors (Lipinski definition) is 1. The predicted molar refractivity (Wildman–Crippen MR) is 40.4 cm³/mol. The molecular weight excluding hydrogens is 142 g/mol. The molecule has 0 atom stereocenters. The van der Waals surface area contributed by atoms with Gasteiger partial charge in [0.05, 0.1) is 0 Å². The first-order chi connectivity index (χ1) is 5.24. The van der Waals surface area contributed by atoms with Crippen LogP contribution < -0.4 is 0 Å². The molecule has 1 N–H and O–H groups in total. The summed E-state index contributed by atoms with van der Waals surface area (Å²) in [6.45, 7) is 1.32. The Morgan fingerprint density at radius 3 is 2.91 bits per heavy atom. The molecule has 1 aromatic heterocycles. The molecule has 0 fully saturated rings. The van der Waals surface area contributed by atoms with Crippen LogP contribution in [-0.2, 0) is 0 Å². The highest BCUT2D eigenvalue weighted by Gasteiger charge is 2.03. The molecule has 0 amide bonds. The van der Waals surface area contributed by atoms with Crippen LogP contribution in [0.3, 0.4) is 0 Å². The second-order valence-corrected chi connectivity index (χ2v) is 2.25. The van der Waals surface area contributed by atoms with Crippen LogP contribution in [0.1, 0.15) is 16.2 Å². The van der Waals surface area contributed by atoms with Crippen LogP contribution in [0.15, 0.2) is 18.2 Å². The Labute approximate surface area is 64.7 Å². The molecule has 0 aromatic carbocycles. The quantitative estimate of drug-likeness (QED) is 0.628. The van der Waals surface area contributed by atoms with E-state index in [0.29, 0.717) is 5.69 Å². The maximum atomic E-state index is 10.9. The molecule has 3 nitrogen and oxygen atoms in total. The molecule has 0 radical (unpaired) electrons. The van der Waals surface area contributed by atoms with E-state index in [2.05, 4.69) is 4.98 Å². The third-order valence-corrected chi connectivity index (χ3v) is 1.32. The molecule has 11 heavy (non-hydrogen) atoms. The molecular formula is C8H9NO2. The Morgan fingerprint density at radius 1 is 1.64 bits per heavy atom. The molecule has 1 heterocycles. The molecule has 1 rings (SSSR count). The summed E-state index contributed by atoms with van der Waals surface area (Å²) in [7, 11) is 0. The molecule has 0 aliphatic heterocycles. The number of pyridine rings is 1. The van der Waals surface area contributed by atoms with Gasteiger partial charge >= 0.3 is 0 Å². The highest BCUT2D eigenvalue weighted by molar-refractivity contribution is 5.95. The average Bonchev–Trinajstić information content (AvgIpc) is 2.03. The Hall–Kier alpha value is -1.22. The fraction of sp³-hybridized carbons (Fsp3) is 0.250. The molecule has 0 unspecified atom stereocenters. The number of nitrogens with zero attached hydrogens (tertiary/aromatic N) is 1. The van der Waals surface area contributed by atoms with Crippen molar-refractivity contribution in [3.05, 3.63) is 29.6 Å². The van der Waals surface area contributed by atoms with Gasteiger partial charge in [0, 0.05) is 5.69 Å². The number of aliphatic hydroxyl groups excluding tert-OH is 1. The lowest BCUT2D eigenvalue weighted by Crippen LogP contribution is -2.06. The number of aryl methyl sites for hydroxylation is 1. The van der Waals surface area contributed by atoms with Crippen molar-refractivity contribution in [2.75, 3.05) is 6.61 Å². The lowest BCUT2D eigenvalue weighted by Gasteiger charge is -1.96. The van der Waals surface area contributed by atoms with E-state index in [9.17, 15) is 4.79 Å². The van der Waals surface area contributed by atoms with E-state index in [1.54, 1.807) is 25.1 Å². The number of ketones is 1. The lowest BCUT2D eigenvalue weighted by molar-refractivity contribution is 0.0898. The zero-order valence-electron chi connectivity index (χ0n) is 6.24. The number of carbonyl (C=O) groups is 1. The summed E-state index contributed by atoms with van der Waals surface area (Å²) in [5, 5.41) is 8.49. The molecule has 58 valence electrons. The summed E-state index contributed by atoms with van der Waals surface area (Å²) in [6.07, 6.45) is 0. The SMILES string of the molecule is Cc1cccc(C(=O)CO)n1. The zero-order valence-corrected chi connectivity index (χ0v) is 6.24. The van der Waals surface area contributed by atoms with Crippen LogP contribution in [0, 0.1) is 6.92 Å².